The lowest BCUT2D eigenvalue weighted by Crippen LogP contribution is -2.51. The molecule has 2 bridgehead atoms. The SMILES string of the molecule is C[C@@H]1C(=O)C[C@H]2C[C@@H]1OO[C@@]2(C)/C=C\c1ccc(Cl)cc1. The topological polar surface area (TPSA) is 35.5 Å². The molecule has 0 spiro atoms. The molecule has 0 aromatic heterocycles. The highest BCUT2D eigenvalue weighted by atomic mass is 35.5. The summed E-state index contributed by atoms with van der Waals surface area (Å²) in [5, 5.41) is 0.713. The molecule has 4 heteroatoms. The third-order valence-corrected chi connectivity index (χ3v) is 4.92. The van der Waals surface area contributed by atoms with Gasteiger partial charge in [0, 0.05) is 23.3 Å². The number of carbonyl (C=O) groups excluding carboxylic acids is 1. The van der Waals surface area contributed by atoms with Gasteiger partial charge >= 0.3 is 0 Å². The van der Waals surface area contributed by atoms with Crippen molar-refractivity contribution in [2.24, 2.45) is 11.8 Å². The lowest BCUT2D eigenvalue weighted by Gasteiger charge is -2.45. The normalized spacial score (nSPS) is 36.1. The molecule has 3 rings (SSSR count). The second-order valence-corrected chi connectivity index (χ2v) is 6.61. The highest BCUT2D eigenvalue weighted by Crippen LogP contribution is 2.42. The van der Waals surface area contributed by atoms with Crippen LogP contribution in [0.4, 0.5) is 0 Å². The lowest BCUT2D eigenvalue weighted by molar-refractivity contribution is -0.415. The summed E-state index contributed by atoms with van der Waals surface area (Å²) in [6, 6.07) is 7.60. The fourth-order valence-electron chi connectivity index (χ4n) is 3.00. The molecule has 1 saturated carbocycles. The summed E-state index contributed by atoms with van der Waals surface area (Å²) in [6.07, 6.45) is 5.30. The monoisotopic (exact) mass is 306 g/mol. The molecule has 0 amide bonds. The van der Waals surface area contributed by atoms with Gasteiger partial charge in [-0.2, -0.15) is 0 Å². The molecule has 1 heterocycles. The van der Waals surface area contributed by atoms with Crippen molar-refractivity contribution in [3.63, 3.8) is 0 Å². The van der Waals surface area contributed by atoms with E-state index in [1.54, 1.807) is 0 Å². The number of hydrogen-bond donors (Lipinski definition) is 0. The summed E-state index contributed by atoms with van der Waals surface area (Å²) in [5.41, 5.74) is 0.480. The Balaban J connectivity index is 1.78. The van der Waals surface area contributed by atoms with Crippen LogP contribution in [-0.4, -0.2) is 17.5 Å². The zero-order valence-electron chi connectivity index (χ0n) is 12.2. The van der Waals surface area contributed by atoms with Crippen molar-refractivity contribution < 1.29 is 14.6 Å². The second-order valence-electron chi connectivity index (χ2n) is 6.18. The van der Waals surface area contributed by atoms with Crippen LogP contribution in [-0.2, 0) is 14.6 Å². The van der Waals surface area contributed by atoms with Gasteiger partial charge in [-0.3, -0.25) is 4.79 Å². The zero-order chi connectivity index (χ0) is 15.0. The van der Waals surface area contributed by atoms with Crippen molar-refractivity contribution >= 4 is 23.5 Å². The molecule has 1 aliphatic heterocycles. The van der Waals surface area contributed by atoms with Gasteiger partial charge in [0.25, 0.3) is 0 Å². The number of carbonyl (C=O) groups is 1. The summed E-state index contributed by atoms with van der Waals surface area (Å²) in [6.45, 7) is 3.89. The molecular formula is C17H19ClO3. The zero-order valence-corrected chi connectivity index (χ0v) is 13.0. The molecule has 0 radical (unpaired) electrons. The molecule has 0 unspecified atom stereocenters. The van der Waals surface area contributed by atoms with Crippen molar-refractivity contribution in [2.45, 2.75) is 38.4 Å². The third-order valence-electron chi connectivity index (χ3n) is 4.67. The van der Waals surface area contributed by atoms with Gasteiger partial charge < -0.3 is 0 Å². The first-order chi connectivity index (χ1) is 9.98. The van der Waals surface area contributed by atoms with Crippen molar-refractivity contribution in [2.75, 3.05) is 0 Å². The molecule has 1 aromatic carbocycles. The van der Waals surface area contributed by atoms with Crippen LogP contribution >= 0.6 is 11.6 Å². The minimum absolute atomic E-state index is 0.0638. The number of benzene rings is 1. The van der Waals surface area contributed by atoms with Crippen LogP contribution in [0.15, 0.2) is 30.3 Å². The van der Waals surface area contributed by atoms with E-state index in [2.05, 4.69) is 0 Å². The van der Waals surface area contributed by atoms with Crippen molar-refractivity contribution in [1.82, 2.24) is 0 Å². The first-order valence-electron chi connectivity index (χ1n) is 7.30. The second kappa shape index (κ2) is 5.56. The molecule has 2 aliphatic rings. The van der Waals surface area contributed by atoms with E-state index in [4.69, 9.17) is 21.4 Å². The fourth-order valence-corrected chi connectivity index (χ4v) is 3.12. The van der Waals surface area contributed by atoms with Gasteiger partial charge in [0.1, 0.15) is 17.5 Å². The molecular weight excluding hydrogens is 288 g/mol. The molecule has 0 N–H and O–H groups in total. The number of Topliss-reactive ketones (excluding diaryl/α,β-unsaturated/α-hetero) is 1. The Morgan fingerprint density at radius 1 is 1.33 bits per heavy atom. The van der Waals surface area contributed by atoms with Gasteiger partial charge in [-0.1, -0.05) is 36.7 Å². The van der Waals surface area contributed by atoms with Crippen LogP contribution in [0.2, 0.25) is 5.02 Å². The standard InChI is InChI=1S/C17H19ClO3/c1-11-15(19)9-13-10-16(11)20-21-17(13,2)8-7-12-3-5-14(18)6-4-12/h3-8,11,13,16H,9-10H2,1-2H3/b8-7-/t11-,13+,16+,17+/m1/s1. The molecule has 1 aromatic rings. The third kappa shape index (κ3) is 2.91. The fraction of sp³-hybridized carbons (Fsp3) is 0.471. The largest absolute Gasteiger partial charge is 0.299 e. The predicted molar refractivity (Wildman–Crippen MR) is 81.7 cm³/mol. The van der Waals surface area contributed by atoms with E-state index in [1.165, 1.54) is 0 Å². The molecule has 2 fully saturated rings. The molecule has 1 aliphatic carbocycles. The first kappa shape index (κ1) is 14.8. The van der Waals surface area contributed by atoms with Crippen LogP contribution in [0.3, 0.4) is 0 Å². The Hall–Kier alpha value is -1.16. The Morgan fingerprint density at radius 2 is 2.05 bits per heavy atom. The van der Waals surface area contributed by atoms with E-state index >= 15 is 0 Å². The quantitative estimate of drug-likeness (QED) is 0.773. The first-order valence-corrected chi connectivity index (χ1v) is 7.68. The van der Waals surface area contributed by atoms with Gasteiger partial charge in [0.05, 0.1) is 0 Å². The Morgan fingerprint density at radius 3 is 2.76 bits per heavy atom. The van der Waals surface area contributed by atoms with Gasteiger partial charge in [-0.05, 0) is 37.1 Å². The number of ketones is 1. The molecule has 3 nitrogen and oxygen atoms in total. The smallest absolute Gasteiger partial charge is 0.138 e. The maximum absolute atomic E-state index is 12.0. The highest BCUT2D eigenvalue weighted by molar-refractivity contribution is 6.30. The van der Waals surface area contributed by atoms with E-state index in [-0.39, 0.29) is 23.7 Å². The molecule has 4 atom stereocenters. The van der Waals surface area contributed by atoms with Crippen molar-refractivity contribution in [3.8, 4) is 0 Å². The summed E-state index contributed by atoms with van der Waals surface area (Å²) in [7, 11) is 0. The maximum atomic E-state index is 12.0. The Bertz CT molecular complexity index is 566. The average Bonchev–Trinajstić information content (AvgIpc) is 2.47. The van der Waals surface area contributed by atoms with Gasteiger partial charge in [0.15, 0.2) is 0 Å². The van der Waals surface area contributed by atoms with Crippen LogP contribution in [0.1, 0.15) is 32.3 Å². The summed E-state index contributed by atoms with van der Waals surface area (Å²) in [5.74, 6) is 0.375. The number of halogens is 1. The van der Waals surface area contributed by atoms with Crippen molar-refractivity contribution in [3.05, 3.63) is 40.9 Å². The van der Waals surface area contributed by atoms with E-state index in [0.29, 0.717) is 11.4 Å². The van der Waals surface area contributed by atoms with Crippen LogP contribution in [0, 0.1) is 11.8 Å². The summed E-state index contributed by atoms with van der Waals surface area (Å²) >= 11 is 5.88. The average molecular weight is 307 g/mol. The maximum Gasteiger partial charge on any atom is 0.138 e. The highest BCUT2D eigenvalue weighted by Gasteiger charge is 2.48. The molecule has 21 heavy (non-hydrogen) atoms. The van der Waals surface area contributed by atoms with Gasteiger partial charge in [0.2, 0.25) is 0 Å². The van der Waals surface area contributed by atoms with Gasteiger partial charge in [-0.15, -0.1) is 0 Å². The van der Waals surface area contributed by atoms with E-state index in [1.807, 2.05) is 50.3 Å². The van der Waals surface area contributed by atoms with Crippen LogP contribution in [0.5, 0.6) is 0 Å². The Labute approximate surface area is 129 Å². The number of fused-ring (bicyclic) bond motifs is 2. The predicted octanol–water partition coefficient (Wildman–Crippen LogP) is 4.06. The summed E-state index contributed by atoms with van der Waals surface area (Å²) < 4.78 is 0. The van der Waals surface area contributed by atoms with Gasteiger partial charge in [-0.25, -0.2) is 9.78 Å². The van der Waals surface area contributed by atoms with Crippen LogP contribution in [0.25, 0.3) is 6.08 Å². The lowest BCUT2D eigenvalue weighted by atomic mass is 9.71. The van der Waals surface area contributed by atoms with E-state index in [9.17, 15) is 4.79 Å². The number of hydrogen-bond acceptors (Lipinski definition) is 3. The summed E-state index contributed by atoms with van der Waals surface area (Å²) in [4.78, 5) is 23.1. The molecule has 112 valence electrons. The minimum Gasteiger partial charge on any atom is -0.299 e. The van der Waals surface area contributed by atoms with E-state index < -0.39 is 5.60 Å². The minimum atomic E-state index is -0.564. The van der Waals surface area contributed by atoms with E-state index in [0.717, 1.165) is 12.0 Å². The molecule has 1 saturated heterocycles. The van der Waals surface area contributed by atoms with Crippen LogP contribution < -0.4 is 0 Å². The number of rotatable bonds is 2. The van der Waals surface area contributed by atoms with Crippen molar-refractivity contribution in [1.29, 1.82) is 0 Å². The Kier molecular flexibility index (Phi) is 3.91.